The van der Waals surface area contributed by atoms with E-state index in [-0.39, 0.29) is 17.1 Å². The van der Waals surface area contributed by atoms with Gasteiger partial charge in [0.2, 0.25) is 0 Å². The quantitative estimate of drug-likeness (QED) is 0.624. The van der Waals surface area contributed by atoms with Crippen molar-refractivity contribution in [1.29, 1.82) is 0 Å². The number of nitrogens with zero attached hydrogens (tertiary/aromatic N) is 1. The van der Waals surface area contributed by atoms with E-state index in [1.165, 1.54) is 6.07 Å². The van der Waals surface area contributed by atoms with E-state index >= 15 is 0 Å². The molecule has 1 heterocycles. The molecule has 0 unspecified atom stereocenters. The lowest BCUT2D eigenvalue weighted by atomic mass is 10.1. The van der Waals surface area contributed by atoms with E-state index in [0.29, 0.717) is 11.3 Å². The number of fused-ring (bicyclic) bond motifs is 1. The summed E-state index contributed by atoms with van der Waals surface area (Å²) >= 11 is 0. The first-order valence-corrected chi connectivity index (χ1v) is 5.43. The Morgan fingerprint density at radius 3 is 2.71 bits per heavy atom. The fourth-order valence-electron chi connectivity index (χ4n) is 1.46. The summed E-state index contributed by atoms with van der Waals surface area (Å²) < 4.78 is 26.6. The van der Waals surface area contributed by atoms with Crippen LogP contribution in [-0.4, -0.2) is 20.7 Å². The smallest absolute Gasteiger partial charge is 0.285 e. The van der Waals surface area contributed by atoms with Gasteiger partial charge in [0.1, 0.15) is 4.90 Å². The number of sulfonamides is 1. The molecule has 0 aliphatic carbocycles. The van der Waals surface area contributed by atoms with Crippen molar-refractivity contribution in [1.82, 2.24) is 0 Å². The highest BCUT2D eigenvalue weighted by atomic mass is 32.2. The van der Waals surface area contributed by atoms with Gasteiger partial charge in [-0.3, -0.25) is 0 Å². The van der Waals surface area contributed by atoms with Crippen molar-refractivity contribution < 1.29 is 8.42 Å². The zero-order chi connectivity index (χ0) is 10.3. The van der Waals surface area contributed by atoms with Crippen LogP contribution < -0.4 is 11.5 Å². The van der Waals surface area contributed by atoms with Crippen molar-refractivity contribution in [2.45, 2.75) is 4.90 Å². The summed E-state index contributed by atoms with van der Waals surface area (Å²) in [4.78, 5) is 0.0838. The second-order valence-electron chi connectivity index (χ2n) is 2.94. The molecule has 1 aliphatic rings. The van der Waals surface area contributed by atoms with Gasteiger partial charge in [0.05, 0.1) is 11.4 Å². The maximum Gasteiger partial charge on any atom is 0.285 e. The summed E-state index contributed by atoms with van der Waals surface area (Å²) in [5.41, 5.74) is 12.1. The lowest BCUT2D eigenvalue weighted by molar-refractivity contribution is 0.599. The van der Waals surface area contributed by atoms with E-state index in [2.05, 4.69) is 4.40 Å². The van der Waals surface area contributed by atoms with E-state index in [1.807, 2.05) is 0 Å². The number of anilines is 1. The van der Waals surface area contributed by atoms with Gasteiger partial charge in [-0.15, -0.1) is 0 Å². The number of nitrogens with two attached hydrogens (primary N) is 2. The molecular weight excluding hydrogens is 202 g/mol. The minimum absolute atomic E-state index is 0.0838. The van der Waals surface area contributed by atoms with E-state index in [9.17, 15) is 8.42 Å². The van der Waals surface area contributed by atoms with E-state index < -0.39 is 10.0 Å². The highest BCUT2D eigenvalue weighted by Crippen LogP contribution is 2.30. The molecule has 0 atom stereocenters. The van der Waals surface area contributed by atoms with Crippen LogP contribution in [0.15, 0.2) is 27.5 Å². The zero-order valence-electron chi connectivity index (χ0n) is 7.27. The number of hydrogen-bond acceptors (Lipinski definition) is 4. The standard InChI is InChI=1S/C8H9N3O2S/c9-4-7-5-2-1-3-6(10)8(5)14(12,13)11-7/h1-3H,4,9-10H2. The Kier molecular flexibility index (Phi) is 1.83. The lowest BCUT2D eigenvalue weighted by Crippen LogP contribution is -2.13. The van der Waals surface area contributed by atoms with Crippen LogP contribution in [0.4, 0.5) is 5.69 Å². The molecule has 0 saturated heterocycles. The molecule has 6 heteroatoms. The average molecular weight is 211 g/mol. The van der Waals surface area contributed by atoms with Gasteiger partial charge in [-0.2, -0.15) is 12.8 Å². The van der Waals surface area contributed by atoms with Crippen LogP contribution in [0.1, 0.15) is 5.56 Å². The Morgan fingerprint density at radius 2 is 2.07 bits per heavy atom. The van der Waals surface area contributed by atoms with Crippen LogP contribution >= 0.6 is 0 Å². The normalized spacial score (nSPS) is 17.6. The minimum Gasteiger partial charge on any atom is -0.398 e. The Hall–Kier alpha value is -1.40. The topological polar surface area (TPSA) is 98.5 Å². The molecule has 1 aliphatic heterocycles. The maximum absolute atomic E-state index is 11.5. The Labute approximate surface area is 81.5 Å². The fraction of sp³-hybridized carbons (Fsp3) is 0.125. The van der Waals surface area contributed by atoms with Crippen molar-refractivity contribution in [3.8, 4) is 0 Å². The molecule has 74 valence electrons. The third-order valence-electron chi connectivity index (χ3n) is 2.04. The second kappa shape index (κ2) is 2.79. The van der Waals surface area contributed by atoms with Gasteiger partial charge < -0.3 is 11.5 Å². The molecule has 4 N–H and O–H groups in total. The number of nitrogen functional groups attached to an aromatic ring is 1. The first-order valence-electron chi connectivity index (χ1n) is 3.99. The van der Waals surface area contributed by atoms with Crippen molar-refractivity contribution in [3.05, 3.63) is 23.8 Å². The first-order chi connectivity index (χ1) is 6.56. The molecule has 0 spiro atoms. The number of rotatable bonds is 1. The largest absolute Gasteiger partial charge is 0.398 e. The average Bonchev–Trinajstić information content (AvgIpc) is 2.39. The molecule has 14 heavy (non-hydrogen) atoms. The minimum atomic E-state index is -3.61. The van der Waals surface area contributed by atoms with Gasteiger partial charge >= 0.3 is 0 Å². The molecule has 0 amide bonds. The third kappa shape index (κ3) is 1.11. The summed E-state index contributed by atoms with van der Waals surface area (Å²) in [6, 6.07) is 4.87. The molecule has 0 fully saturated rings. The molecule has 5 nitrogen and oxygen atoms in total. The molecular formula is C8H9N3O2S. The van der Waals surface area contributed by atoms with E-state index in [4.69, 9.17) is 11.5 Å². The van der Waals surface area contributed by atoms with Crippen LogP contribution in [0.3, 0.4) is 0 Å². The predicted octanol–water partition coefficient (Wildman–Crippen LogP) is -0.281. The van der Waals surface area contributed by atoms with Crippen LogP contribution in [0.2, 0.25) is 0 Å². The fourth-order valence-corrected chi connectivity index (χ4v) is 2.84. The zero-order valence-corrected chi connectivity index (χ0v) is 8.08. The highest BCUT2D eigenvalue weighted by Gasteiger charge is 2.29. The molecule has 0 radical (unpaired) electrons. The second-order valence-corrected chi connectivity index (χ2v) is 4.48. The van der Waals surface area contributed by atoms with Crippen molar-refractivity contribution >= 4 is 21.4 Å². The summed E-state index contributed by atoms with van der Waals surface area (Å²) in [6.45, 7) is 0.0929. The third-order valence-corrected chi connectivity index (χ3v) is 3.47. The van der Waals surface area contributed by atoms with Gasteiger partial charge in [0.25, 0.3) is 10.0 Å². The Morgan fingerprint density at radius 1 is 1.36 bits per heavy atom. The van der Waals surface area contributed by atoms with Crippen molar-refractivity contribution in [2.75, 3.05) is 12.3 Å². The van der Waals surface area contributed by atoms with Crippen molar-refractivity contribution in [2.24, 2.45) is 10.1 Å². The molecule has 0 aromatic heterocycles. The summed E-state index contributed by atoms with van der Waals surface area (Å²) in [7, 11) is -3.61. The van der Waals surface area contributed by atoms with Gasteiger partial charge in [0, 0.05) is 12.1 Å². The van der Waals surface area contributed by atoms with Crippen LogP contribution in [-0.2, 0) is 10.0 Å². The summed E-state index contributed by atoms with van der Waals surface area (Å²) in [5.74, 6) is 0. The SMILES string of the molecule is NCC1=NS(=O)(=O)c2c(N)cccc21. The monoisotopic (exact) mass is 211 g/mol. The van der Waals surface area contributed by atoms with Crippen molar-refractivity contribution in [3.63, 3.8) is 0 Å². The van der Waals surface area contributed by atoms with Gasteiger partial charge in [-0.1, -0.05) is 12.1 Å². The van der Waals surface area contributed by atoms with E-state index in [0.717, 1.165) is 0 Å². The van der Waals surface area contributed by atoms with Gasteiger partial charge in [0.15, 0.2) is 0 Å². The van der Waals surface area contributed by atoms with Gasteiger partial charge in [-0.05, 0) is 6.07 Å². The predicted molar refractivity (Wildman–Crippen MR) is 53.6 cm³/mol. The molecule has 2 rings (SSSR count). The molecule has 0 bridgehead atoms. The Balaban J connectivity index is 2.82. The maximum atomic E-state index is 11.5. The highest BCUT2D eigenvalue weighted by molar-refractivity contribution is 7.91. The van der Waals surface area contributed by atoms with Crippen LogP contribution in [0.5, 0.6) is 0 Å². The Bertz CT molecular complexity index is 519. The summed E-state index contributed by atoms with van der Waals surface area (Å²) in [6.07, 6.45) is 0. The van der Waals surface area contributed by atoms with Crippen LogP contribution in [0, 0.1) is 0 Å². The lowest BCUT2D eigenvalue weighted by Gasteiger charge is -2.01. The first kappa shape index (κ1) is 9.17. The number of hydrogen-bond donors (Lipinski definition) is 2. The van der Waals surface area contributed by atoms with E-state index in [1.54, 1.807) is 12.1 Å². The number of benzene rings is 1. The van der Waals surface area contributed by atoms with Gasteiger partial charge in [-0.25, -0.2) is 0 Å². The summed E-state index contributed by atoms with van der Waals surface area (Å²) in [5, 5.41) is 0. The molecule has 1 aromatic carbocycles. The molecule has 1 aromatic rings. The molecule has 0 saturated carbocycles. The van der Waals surface area contributed by atoms with Crippen LogP contribution in [0.25, 0.3) is 0 Å².